The molecule has 7 heteroatoms. The van der Waals surface area contributed by atoms with E-state index in [9.17, 15) is 5.11 Å². The van der Waals surface area contributed by atoms with E-state index >= 15 is 0 Å². The second-order valence-electron chi connectivity index (χ2n) is 5.62. The Bertz CT molecular complexity index is 740. The normalized spacial score (nSPS) is 12.1. The van der Waals surface area contributed by atoms with E-state index in [1.165, 1.54) is 7.11 Å². The number of halogens is 2. The molecule has 1 atom stereocenters. The van der Waals surface area contributed by atoms with Crippen molar-refractivity contribution in [1.82, 2.24) is 10.6 Å². The molecule has 2 rings (SSSR count). The summed E-state index contributed by atoms with van der Waals surface area (Å²) < 4.78 is 5.05. The Morgan fingerprint density at radius 2 is 2.04 bits per heavy atom. The van der Waals surface area contributed by atoms with Crippen LogP contribution in [-0.4, -0.2) is 24.7 Å². The van der Waals surface area contributed by atoms with Gasteiger partial charge >= 0.3 is 0 Å². The van der Waals surface area contributed by atoms with E-state index in [2.05, 4.69) is 22.5 Å². The highest BCUT2D eigenvalue weighted by Gasteiger charge is 2.08. The average molecular weight is 490 g/mol. The number of aromatic hydroxyl groups is 1. The summed E-state index contributed by atoms with van der Waals surface area (Å²) in [5, 5.41) is 17.2. The molecule has 26 heavy (non-hydrogen) atoms. The van der Waals surface area contributed by atoms with Gasteiger partial charge in [0.25, 0.3) is 0 Å². The molecule has 2 aromatic carbocycles. The summed E-state index contributed by atoms with van der Waals surface area (Å²) in [4.78, 5) is 4.58. The standard InChI is InChI=1S/C19H24ClN3O2.HI/c1-4-21-19(23-13(2)15-6-5-7-16(20)11-15)22-12-14-8-9-18(25-3)17(24)10-14;/h5-11,13,24H,4,12H2,1-3H3,(H2,21,22,23);1H. The second kappa shape index (κ2) is 11.1. The van der Waals surface area contributed by atoms with Gasteiger partial charge in [-0.25, -0.2) is 4.99 Å². The molecule has 0 aliphatic carbocycles. The van der Waals surface area contributed by atoms with Crippen LogP contribution in [0.4, 0.5) is 0 Å². The van der Waals surface area contributed by atoms with Crippen molar-refractivity contribution in [2.45, 2.75) is 26.4 Å². The summed E-state index contributed by atoms with van der Waals surface area (Å²) in [6.45, 7) is 5.26. The van der Waals surface area contributed by atoms with Gasteiger partial charge in [-0.15, -0.1) is 24.0 Å². The van der Waals surface area contributed by atoms with Gasteiger partial charge in [-0.05, 0) is 49.2 Å². The SMILES string of the molecule is CCNC(=NCc1ccc(OC)c(O)c1)NC(C)c1cccc(Cl)c1.I. The molecule has 3 N–H and O–H groups in total. The predicted molar refractivity (Wildman–Crippen MR) is 118 cm³/mol. The molecule has 0 aliphatic rings. The predicted octanol–water partition coefficient (Wildman–Crippen LogP) is 4.49. The van der Waals surface area contributed by atoms with Crippen molar-refractivity contribution in [2.24, 2.45) is 4.99 Å². The van der Waals surface area contributed by atoms with Crippen molar-refractivity contribution >= 4 is 41.5 Å². The van der Waals surface area contributed by atoms with Crippen LogP contribution in [0.5, 0.6) is 11.5 Å². The Balaban J connectivity index is 0.00000338. The molecule has 2 aromatic rings. The van der Waals surface area contributed by atoms with Crippen molar-refractivity contribution in [3.8, 4) is 11.5 Å². The summed E-state index contributed by atoms with van der Waals surface area (Å²) in [5.74, 6) is 1.26. The van der Waals surface area contributed by atoms with Crippen LogP contribution >= 0.6 is 35.6 Å². The molecule has 0 saturated carbocycles. The number of hydrogen-bond acceptors (Lipinski definition) is 3. The number of benzene rings is 2. The zero-order chi connectivity index (χ0) is 18.2. The monoisotopic (exact) mass is 489 g/mol. The molecule has 0 amide bonds. The minimum atomic E-state index is 0. The van der Waals surface area contributed by atoms with E-state index < -0.39 is 0 Å². The van der Waals surface area contributed by atoms with E-state index in [1.807, 2.05) is 37.3 Å². The molecular weight excluding hydrogens is 465 g/mol. The first-order valence-corrected chi connectivity index (χ1v) is 8.57. The van der Waals surface area contributed by atoms with Crippen LogP contribution in [0.1, 0.15) is 31.0 Å². The number of hydrogen-bond donors (Lipinski definition) is 3. The van der Waals surface area contributed by atoms with Gasteiger partial charge in [0, 0.05) is 11.6 Å². The molecule has 0 radical (unpaired) electrons. The molecule has 0 bridgehead atoms. The average Bonchev–Trinajstić information content (AvgIpc) is 2.60. The summed E-state index contributed by atoms with van der Waals surface area (Å²) in [6.07, 6.45) is 0. The minimum absolute atomic E-state index is 0. The fraction of sp³-hybridized carbons (Fsp3) is 0.316. The van der Waals surface area contributed by atoms with Gasteiger partial charge in [0.15, 0.2) is 17.5 Å². The highest BCUT2D eigenvalue weighted by molar-refractivity contribution is 14.0. The summed E-state index contributed by atoms with van der Waals surface area (Å²) in [7, 11) is 1.53. The molecule has 0 heterocycles. The lowest BCUT2D eigenvalue weighted by Gasteiger charge is -2.18. The van der Waals surface area contributed by atoms with Crippen LogP contribution in [-0.2, 0) is 6.54 Å². The van der Waals surface area contributed by atoms with Crippen molar-refractivity contribution in [3.63, 3.8) is 0 Å². The largest absolute Gasteiger partial charge is 0.504 e. The molecule has 0 aromatic heterocycles. The molecule has 142 valence electrons. The van der Waals surface area contributed by atoms with Crippen LogP contribution in [0, 0.1) is 0 Å². The number of aliphatic imine (C=N–C) groups is 1. The smallest absolute Gasteiger partial charge is 0.192 e. The van der Waals surface area contributed by atoms with Gasteiger partial charge < -0.3 is 20.5 Å². The number of phenolic OH excluding ortho intramolecular Hbond substituents is 1. The van der Waals surface area contributed by atoms with Crippen molar-refractivity contribution < 1.29 is 9.84 Å². The Hall–Kier alpha value is -1.67. The number of nitrogens with one attached hydrogen (secondary N) is 2. The maximum absolute atomic E-state index is 9.86. The van der Waals surface area contributed by atoms with Crippen molar-refractivity contribution in [1.29, 1.82) is 0 Å². The van der Waals surface area contributed by atoms with Crippen molar-refractivity contribution in [2.75, 3.05) is 13.7 Å². The molecular formula is C19H25ClIN3O2. The van der Waals surface area contributed by atoms with Crippen LogP contribution in [0.3, 0.4) is 0 Å². The lowest BCUT2D eigenvalue weighted by molar-refractivity contribution is 0.373. The third-order valence-electron chi connectivity index (χ3n) is 3.71. The third kappa shape index (κ3) is 6.57. The highest BCUT2D eigenvalue weighted by Crippen LogP contribution is 2.26. The quantitative estimate of drug-likeness (QED) is 0.318. The number of rotatable bonds is 6. The molecule has 0 fully saturated rings. The number of methoxy groups -OCH3 is 1. The molecule has 0 spiro atoms. The van der Waals surface area contributed by atoms with Gasteiger partial charge in [0.2, 0.25) is 0 Å². The highest BCUT2D eigenvalue weighted by atomic mass is 127. The fourth-order valence-corrected chi connectivity index (χ4v) is 2.59. The molecule has 5 nitrogen and oxygen atoms in total. The first kappa shape index (κ1) is 22.4. The van der Waals surface area contributed by atoms with Gasteiger partial charge in [-0.3, -0.25) is 0 Å². The molecule has 0 aliphatic heterocycles. The van der Waals surface area contributed by atoms with Crippen LogP contribution in [0.15, 0.2) is 47.5 Å². The maximum Gasteiger partial charge on any atom is 0.192 e. The Labute approximate surface area is 176 Å². The van der Waals surface area contributed by atoms with E-state index in [1.54, 1.807) is 12.1 Å². The van der Waals surface area contributed by atoms with Gasteiger partial charge in [-0.1, -0.05) is 29.8 Å². The van der Waals surface area contributed by atoms with Crippen LogP contribution in [0.2, 0.25) is 5.02 Å². The lowest BCUT2D eigenvalue weighted by atomic mass is 10.1. The zero-order valence-corrected chi connectivity index (χ0v) is 18.2. The van der Waals surface area contributed by atoms with Gasteiger partial charge in [0.05, 0.1) is 19.7 Å². The van der Waals surface area contributed by atoms with E-state index in [0.717, 1.165) is 17.7 Å². The van der Waals surface area contributed by atoms with E-state index in [0.29, 0.717) is 23.3 Å². The van der Waals surface area contributed by atoms with Crippen molar-refractivity contribution in [3.05, 3.63) is 58.6 Å². The Morgan fingerprint density at radius 3 is 2.65 bits per heavy atom. The van der Waals surface area contributed by atoms with Crippen LogP contribution < -0.4 is 15.4 Å². The number of phenols is 1. The maximum atomic E-state index is 9.86. The van der Waals surface area contributed by atoms with E-state index in [4.69, 9.17) is 16.3 Å². The topological polar surface area (TPSA) is 65.9 Å². The minimum Gasteiger partial charge on any atom is -0.504 e. The summed E-state index contributed by atoms with van der Waals surface area (Å²) in [5.41, 5.74) is 1.98. The molecule has 1 unspecified atom stereocenters. The first-order valence-electron chi connectivity index (χ1n) is 8.19. The van der Waals surface area contributed by atoms with Gasteiger partial charge in [0.1, 0.15) is 0 Å². The van der Waals surface area contributed by atoms with Crippen LogP contribution in [0.25, 0.3) is 0 Å². The lowest BCUT2D eigenvalue weighted by Crippen LogP contribution is -2.38. The fourth-order valence-electron chi connectivity index (χ4n) is 2.39. The number of nitrogens with zero attached hydrogens (tertiary/aromatic N) is 1. The summed E-state index contributed by atoms with van der Waals surface area (Å²) in [6, 6.07) is 13.1. The second-order valence-corrected chi connectivity index (χ2v) is 6.06. The third-order valence-corrected chi connectivity index (χ3v) is 3.94. The summed E-state index contributed by atoms with van der Waals surface area (Å²) >= 11 is 6.06. The number of guanidine groups is 1. The zero-order valence-electron chi connectivity index (χ0n) is 15.1. The first-order chi connectivity index (χ1) is 12.0. The Kier molecular flexibility index (Phi) is 9.58. The molecule has 0 saturated heterocycles. The van der Waals surface area contributed by atoms with Gasteiger partial charge in [-0.2, -0.15) is 0 Å². The Morgan fingerprint density at radius 1 is 1.27 bits per heavy atom. The van der Waals surface area contributed by atoms with E-state index in [-0.39, 0.29) is 35.8 Å². The number of ether oxygens (including phenoxy) is 1.